The molecule has 0 bridgehead atoms. The van der Waals surface area contributed by atoms with E-state index in [0.717, 1.165) is 5.56 Å². The van der Waals surface area contributed by atoms with E-state index in [1.807, 2.05) is 18.2 Å². The Morgan fingerprint density at radius 1 is 1.39 bits per heavy atom. The van der Waals surface area contributed by atoms with E-state index in [1.54, 1.807) is 23.0 Å². The Morgan fingerprint density at radius 2 is 2.26 bits per heavy atom. The van der Waals surface area contributed by atoms with Gasteiger partial charge in [-0.15, -0.1) is 0 Å². The van der Waals surface area contributed by atoms with Gasteiger partial charge in [-0.3, -0.25) is 4.79 Å². The predicted molar refractivity (Wildman–Crippen MR) is 83.8 cm³/mol. The van der Waals surface area contributed by atoms with Crippen LogP contribution in [-0.4, -0.2) is 28.0 Å². The van der Waals surface area contributed by atoms with Crippen LogP contribution in [-0.2, 0) is 6.54 Å². The first-order valence-corrected chi connectivity index (χ1v) is 7.12. The third kappa shape index (κ3) is 3.51. The van der Waals surface area contributed by atoms with Crippen molar-refractivity contribution in [2.45, 2.75) is 6.54 Å². The molecule has 118 valence electrons. The molecule has 1 N–H and O–H groups in total. The van der Waals surface area contributed by atoms with Crippen molar-refractivity contribution in [1.29, 1.82) is 0 Å². The van der Waals surface area contributed by atoms with E-state index >= 15 is 0 Å². The van der Waals surface area contributed by atoms with Crippen molar-refractivity contribution in [1.82, 2.24) is 14.9 Å². The van der Waals surface area contributed by atoms with Gasteiger partial charge in [0, 0.05) is 11.1 Å². The first-order valence-electron chi connectivity index (χ1n) is 6.74. The number of anilines is 1. The molecule has 0 saturated heterocycles. The van der Waals surface area contributed by atoms with E-state index < -0.39 is 5.91 Å². The number of benzene rings is 1. The standard InChI is InChI=1S/C15H13ClN4O3/c1-22-14-8-12(23-19-14)15(21)18-13-5-6-17-20(13)9-10-3-2-4-11(16)7-10/h2-8H,9H2,1H3,(H,18,21). The second-order valence-electron chi connectivity index (χ2n) is 4.69. The van der Waals surface area contributed by atoms with Gasteiger partial charge in [-0.05, 0) is 22.9 Å². The summed E-state index contributed by atoms with van der Waals surface area (Å²) in [4.78, 5) is 12.1. The second kappa shape index (κ2) is 6.53. The molecule has 0 aliphatic heterocycles. The highest BCUT2D eigenvalue weighted by atomic mass is 35.5. The number of carbonyl (C=O) groups excluding carboxylic acids is 1. The first kappa shape index (κ1) is 15.1. The molecule has 1 aromatic carbocycles. The highest BCUT2D eigenvalue weighted by Gasteiger charge is 2.15. The molecule has 2 heterocycles. The number of hydrogen-bond donors (Lipinski definition) is 1. The molecule has 0 saturated carbocycles. The van der Waals surface area contributed by atoms with Gasteiger partial charge < -0.3 is 14.6 Å². The summed E-state index contributed by atoms with van der Waals surface area (Å²) >= 11 is 5.97. The molecule has 3 aromatic rings. The SMILES string of the molecule is COc1cc(C(=O)Nc2ccnn2Cc2cccc(Cl)c2)on1. The fraction of sp³-hybridized carbons (Fsp3) is 0.133. The van der Waals surface area contributed by atoms with Crippen molar-refractivity contribution < 1.29 is 14.1 Å². The van der Waals surface area contributed by atoms with Crippen molar-refractivity contribution in [3.05, 3.63) is 58.9 Å². The summed E-state index contributed by atoms with van der Waals surface area (Å²) < 4.78 is 11.4. The first-order chi connectivity index (χ1) is 11.2. The van der Waals surface area contributed by atoms with Crippen molar-refractivity contribution in [2.75, 3.05) is 12.4 Å². The maximum atomic E-state index is 12.1. The molecule has 3 rings (SSSR count). The van der Waals surface area contributed by atoms with E-state index in [2.05, 4.69) is 15.6 Å². The topological polar surface area (TPSA) is 82.2 Å². The normalized spacial score (nSPS) is 10.5. The quantitative estimate of drug-likeness (QED) is 0.777. The smallest absolute Gasteiger partial charge is 0.295 e. The number of aromatic nitrogens is 3. The van der Waals surface area contributed by atoms with Gasteiger partial charge in [0.1, 0.15) is 5.82 Å². The minimum absolute atomic E-state index is 0.0531. The molecule has 7 nitrogen and oxygen atoms in total. The molecule has 1 amide bonds. The lowest BCUT2D eigenvalue weighted by atomic mass is 10.2. The van der Waals surface area contributed by atoms with Gasteiger partial charge in [0.15, 0.2) is 0 Å². The van der Waals surface area contributed by atoms with E-state index in [4.69, 9.17) is 20.9 Å². The number of rotatable bonds is 5. The molecule has 2 aromatic heterocycles. The third-order valence-corrected chi connectivity index (χ3v) is 3.34. The molecule has 23 heavy (non-hydrogen) atoms. The number of nitrogens with one attached hydrogen (secondary N) is 1. The number of nitrogens with zero attached hydrogens (tertiary/aromatic N) is 3. The Hall–Kier alpha value is -2.80. The Morgan fingerprint density at radius 3 is 3.00 bits per heavy atom. The number of ether oxygens (including phenoxy) is 1. The van der Waals surface area contributed by atoms with Crippen molar-refractivity contribution in [2.24, 2.45) is 0 Å². The van der Waals surface area contributed by atoms with Crippen LogP contribution in [0.3, 0.4) is 0 Å². The van der Waals surface area contributed by atoms with E-state index in [0.29, 0.717) is 17.4 Å². The van der Waals surface area contributed by atoms with Crippen LogP contribution in [0.5, 0.6) is 5.88 Å². The third-order valence-electron chi connectivity index (χ3n) is 3.10. The number of hydrogen-bond acceptors (Lipinski definition) is 5. The number of carbonyl (C=O) groups is 1. The van der Waals surface area contributed by atoms with Crippen molar-refractivity contribution in [3.8, 4) is 5.88 Å². The van der Waals surface area contributed by atoms with Gasteiger partial charge in [-0.1, -0.05) is 23.7 Å². The summed E-state index contributed by atoms with van der Waals surface area (Å²) in [5.41, 5.74) is 0.970. The fourth-order valence-corrected chi connectivity index (χ4v) is 2.23. The van der Waals surface area contributed by atoms with Crippen molar-refractivity contribution >= 4 is 23.3 Å². The molecular formula is C15H13ClN4O3. The van der Waals surface area contributed by atoms with E-state index in [-0.39, 0.29) is 11.6 Å². The number of halogens is 1. The second-order valence-corrected chi connectivity index (χ2v) is 5.13. The molecule has 0 aliphatic rings. The lowest BCUT2D eigenvalue weighted by Gasteiger charge is -2.08. The van der Waals surface area contributed by atoms with Gasteiger partial charge in [-0.2, -0.15) is 5.10 Å². The molecule has 8 heteroatoms. The molecule has 0 unspecified atom stereocenters. The van der Waals surface area contributed by atoms with Crippen molar-refractivity contribution in [3.63, 3.8) is 0 Å². The van der Waals surface area contributed by atoms with Gasteiger partial charge in [0.25, 0.3) is 11.8 Å². The molecular weight excluding hydrogens is 320 g/mol. The van der Waals surface area contributed by atoms with Crippen LogP contribution < -0.4 is 10.1 Å². The molecule has 0 radical (unpaired) electrons. The summed E-state index contributed by atoms with van der Waals surface area (Å²) in [5, 5.41) is 11.2. The maximum absolute atomic E-state index is 12.1. The molecule has 0 spiro atoms. The average Bonchev–Trinajstić information content (AvgIpc) is 3.17. The van der Waals surface area contributed by atoms with E-state index in [1.165, 1.54) is 13.2 Å². The van der Waals surface area contributed by atoms with Gasteiger partial charge >= 0.3 is 0 Å². The molecule has 0 aliphatic carbocycles. The molecule has 0 atom stereocenters. The maximum Gasteiger partial charge on any atom is 0.295 e. The summed E-state index contributed by atoms with van der Waals surface area (Å²) in [6.07, 6.45) is 1.60. The van der Waals surface area contributed by atoms with Crippen LogP contribution in [0.2, 0.25) is 5.02 Å². The van der Waals surface area contributed by atoms with E-state index in [9.17, 15) is 4.79 Å². The summed E-state index contributed by atoms with van der Waals surface area (Å²) in [5.74, 6) is 0.388. The zero-order valence-corrected chi connectivity index (χ0v) is 12.9. The monoisotopic (exact) mass is 332 g/mol. The summed E-state index contributed by atoms with van der Waals surface area (Å²) in [6, 6.07) is 10.5. The lowest BCUT2D eigenvalue weighted by Crippen LogP contribution is -2.15. The van der Waals surface area contributed by atoms with Crippen LogP contribution in [0.15, 0.2) is 47.1 Å². The fourth-order valence-electron chi connectivity index (χ4n) is 2.01. The predicted octanol–water partition coefficient (Wildman–Crippen LogP) is 2.83. The van der Waals surface area contributed by atoms with Gasteiger partial charge in [0.05, 0.1) is 25.9 Å². The van der Waals surface area contributed by atoms with Crippen LogP contribution in [0.4, 0.5) is 5.82 Å². The van der Waals surface area contributed by atoms with Crippen LogP contribution in [0.25, 0.3) is 0 Å². The minimum atomic E-state index is -0.436. The zero-order chi connectivity index (χ0) is 16.2. The van der Waals surface area contributed by atoms with Gasteiger partial charge in [-0.25, -0.2) is 4.68 Å². The Labute approximate surface area is 136 Å². The zero-order valence-electron chi connectivity index (χ0n) is 12.2. The Kier molecular flexibility index (Phi) is 4.29. The minimum Gasteiger partial charge on any atom is -0.479 e. The average molecular weight is 333 g/mol. The number of amides is 1. The summed E-state index contributed by atoms with van der Waals surface area (Å²) in [7, 11) is 1.44. The summed E-state index contributed by atoms with van der Waals surface area (Å²) in [6.45, 7) is 0.475. The largest absolute Gasteiger partial charge is 0.479 e. The van der Waals surface area contributed by atoms with Crippen LogP contribution in [0.1, 0.15) is 16.1 Å². The molecule has 0 fully saturated rings. The lowest BCUT2D eigenvalue weighted by molar-refractivity contribution is 0.0986. The Bertz CT molecular complexity index is 828. The highest BCUT2D eigenvalue weighted by molar-refractivity contribution is 6.30. The van der Waals surface area contributed by atoms with Gasteiger partial charge in [0.2, 0.25) is 5.76 Å². The number of methoxy groups -OCH3 is 1. The Balaban J connectivity index is 1.74. The van der Waals surface area contributed by atoms with Crippen LogP contribution >= 0.6 is 11.6 Å². The highest BCUT2D eigenvalue weighted by Crippen LogP contribution is 2.16. The van der Waals surface area contributed by atoms with Crippen LogP contribution in [0, 0.1) is 0 Å².